The smallest absolute Gasteiger partial charge is 0.306 e. The number of nitrogens with zero attached hydrogens (tertiary/aromatic N) is 3. The predicted molar refractivity (Wildman–Crippen MR) is 130 cm³/mol. The topological polar surface area (TPSA) is 90.7 Å². The lowest BCUT2D eigenvalue weighted by atomic mass is 10.2. The van der Waals surface area contributed by atoms with Crippen LogP contribution in [0.3, 0.4) is 0 Å². The number of hydrogen-bond donors (Lipinski definition) is 0. The van der Waals surface area contributed by atoms with Gasteiger partial charge in [0.05, 0.1) is 35.6 Å². The van der Waals surface area contributed by atoms with Gasteiger partial charge in [-0.25, -0.2) is 13.4 Å². The summed E-state index contributed by atoms with van der Waals surface area (Å²) in [6, 6.07) is 14.8. The van der Waals surface area contributed by atoms with Gasteiger partial charge >= 0.3 is 5.97 Å². The summed E-state index contributed by atoms with van der Waals surface area (Å²) < 4.78 is 40.0. The summed E-state index contributed by atoms with van der Waals surface area (Å²) in [7, 11) is -3.60. The standard InChI is InChI=1S/C25H29N3O5S/c1-2-28-23-11-10-21(34(30,31)27-14-17-32-18-15-27)19-22(23)26-24(28)12-13-25(29)33-16-6-9-20-7-4-3-5-8-20/h3-11,19H,2,12-18H2,1H3/b9-6+. The van der Waals surface area contributed by atoms with Crippen LogP contribution in [-0.4, -0.2) is 61.2 Å². The van der Waals surface area contributed by atoms with Crippen LogP contribution < -0.4 is 0 Å². The molecule has 180 valence electrons. The van der Waals surface area contributed by atoms with Gasteiger partial charge in [0.1, 0.15) is 12.4 Å². The Morgan fingerprint density at radius 1 is 1.15 bits per heavy atom. The van der Waals surface area contributed by atoms with Crippen molar-refractivity contribution < 1.29 is 22.7 Å². The number of imidazole rings is 1. The molecule has 1 aliphatic rings. The van der Waals surface area contributed by atoms with Gasteiger partial charge in [0.15, 0.2) is 0 Å². The Morgan fingerprint density at radius 3 is 2.65 bits per heavy atom. The van der Waals surface area contributed by atoms with Crippen molar-refractivity contribution in [2.75, 3.05) is 32.9 Å². The number of fused-ring (bicyclic) bond motifs is 1. The van der Waals surface area contributed by atoms with Gasteiger partial charge in [-0.15, -0.1) is 0 Å². The van der Waals surface area contributed by atoms with Crippen molar-refractivity contribution in [1.29, 1.82) is 0 Å². The summed E-state index contributed by atoms with van der Waals surface area (Å²) in [6.07, 6.45) is 4.33. The summed E-state index contributed by atoms with van der Waals surface area (Å²) in [5.41, 5.74) is 2.49. The van der Waals surface area contributed by atoms with E-state index < -0.39 is 10.0 Å². The number of carbonyl (C=O) groups excluding carboxylic acids is 1. The zero-order chi connectivity index (χ0) is 24.0. The van der Waals surface area contributed by atoms with E-state index in [0.29, 0.717) is 44.8 Å². The molecule has 0 bridgehead atoms. The van der Waals surface area contributed by atoms with Crippen molar-refractivity contribution in [2.45, 2.75) is 31.2 Å². The van der Waals surface area contributed by atoms with Crippen LogP contribution in [0.5, 0.6) is 0 Å². The highest BCUT2D eigenvalue weighted by Crippen LogP contribution is 2.24. The number of aromatic nitrogens is 2. The van der Waals surface area contributed by atoms with Crippen LogP contribution in [0, 0.1) is 0 Å². The molecule has 8 nitrogen and oxygen atoms in total. The van der Waals surface area contributed by atoms with Gasteiger partial charge in [0.2, 0.25) is 10.0 Å². The number of esters is 1. The molecule has 0 radical (unpaired) electrons. The molecule has 0 N–H and O–H groups in total. The zero-order valence-electron chi connectivity index (χ0n) is 19.2. The van der Waals surface area contributed by atoms with Crippen molar-refractivity contribution >= 4 is 33.1 Å². The first-order chi connectivity index (χ1) is 16.5. The number of carbonyl (C=O) groups is 1. The maximum absolute atomic E-state index is 13.0. The van der Waals surface area contributed by atoms with Crippen molar-refractivity contribution in [2.24, 2.45) is 0 Å². The Kier molecular flexibility index (Phi) is 7.77. The third kappa shape index (κ3) is 5.55. The lowest BCUT2D eigenvalue weighted by molar-refractivity contribution is -0.142. The third-order valence-electron chi connectivity index (χ3n) is 5.73. The molecule has 1 fully saturated rings. The molecule has 0 atom stereocenters. The van der Waals surface area contributed by atoms with Crippen molar-refractivity contribution in [3.8, 4) is 0 Å². The molecular formula is C25H29N3O5S. The monoisotopic (exact) mass is 483 g/mol. The number of rotatable bonds is 9. The molecule has 9 heteroatoms. The molecule has 3 aromatic rings. The molecule has 34 heavy (non-hydrogen) atoms. The van der Waals surface area contributed by atoms with Gasteiger partial charge in [-0.05, 0) is 36.8 Å². The minimum absolute atomic E-state index is 0.196. The fourth-order valence-corrected chi connectivity index (χ4v) is 5.40. The largest absolute Gasteiger partial charge is 0.461 e. The van der Waals surface area contributed by atoms with E-state index in [9.17, 15) is 13.2 Å². The second-order valence-corrected chi connectivity index (χ2v) is 9.87. The van der Waals surface area contributed by atoms with Crippen LogP contribution in [0.15, 0.2) is 59.5 Å². The highest BCUT2D eigenvalue weighted by atomic mass is 32.2. The lowest BCUT2D eigenvalue weighted by Crippen LogP contribution is -2.40. The Balaban J connectivity index is 1.41. The fraction of sp³-hybridized carbons (Fsp3) is 0.360. The van der Waals surface area contributed by atoms with Gasteiger partial charge in [-0.1, -0.05) is 36.4 Å². The predicted octanol–water partition coefficient (Wildman–Crippen LogP) is 3.27. The highest BCUT2D eigenvalue weighted by Gasteiger charge is 2.27. The van der Waals surface area contributed by atoms with Gasteiger partial charge in [-0.3, -0.25) is 4.79 Å². The molecule has 2 heterocycles. The number of hydrogen-bond acceptors (Lipinski definition) is 6. The normalized spacial score (nSPS) is 15.2. The van der Waals surface area contributed by atoms with Gasteiger partial charge in [-0.2, -0.15) is 4.31 Å². The second kappa shape index (κ2) is 10.9. The molecule has 1 aromatic heterocycles. The van der Waals surface area contributed by atoms with Crippen LogP contribution in [0.4, 0.5) is 0 Å². The SMILES string of the molecule is CCn1c(CCC(=O)OC/C=C/c2ccccc2)nc2cc(S(=O)(=O)N3CCOCC3)ccc21. The van der Waals surface area contributed by atoms with Crippen molar-refractivity contribution in [3.63, 3.8) is 0 Å². The first-order valence-electron chi connectivity index (χ1n) is 11.4. The fourth-order valence-electron chi connectivity index (χ4n) is 3.98. The summed E-state index contributed by atoms with van der Waals surface area (Å²) in [4.78, 5) is 17.1. The Bertz CT molecular complexity index is 1260. The third-order valence-corrected chi connectivity index (χ3v) is 7.62. The average molecular weight is 484 g/mol. The van der Waals surface area contributed by atoms with Crippen LogP contribution in [0.25, 0.3) is 17.1 Å². The average Bonchev–Trinajstić information content (AvgIpc) is 3.23. The Labute approximate surface area is 199 Å². The molecule has 2 aromatic carbocycles. The molecule has 0 amide bonds. The van der Waals surface area contributed by atoms with E-state index in [2.05, 4.69) is 4.98 Å². The molecule has 0 saturated carbocycles. The molecule has 0 aliphatic carbocycles. The van der Waals surface area contributed by atoms with Crippen LogP contribution >= 0.6 is 0 Å². The molecule has 0 unspecified atom stereocenters. The highest BCUT2D eigenvalue weighted by molar-refractivity contribution is 7.89. The summed E-state index contributed by atoms with van der Waals surface area (Å²) in [6.45, 7) is 4.35. The first kappa shape index (κ1) is 24.1. The summed E-state index contributed by atoms with van der Waals surface area (Å²) >= 11 is 0. The summed E-state index contributed by atoms with van der Waals surface area (Å²) in [5, 5.41) is 0. The molecule has 1 aliphatic heterocycles. The van der Waals surface area contributed by atoms with Crippen LogP contribution in [-0.2, 0) is 37.3 Å². The van der Waals surface area contributed by atoms with Gasteiger partial charge in [0, 0.05) is 26.1 Å². The molecule has 4 rings (SSSR count). The van der Waals surface area contributed by atoms with Gasteiger partial charge in [0.25, 0.3) is 0 Å². The summed E-state index contributed by atoms with van der Waals surface area (Å²) in [5.74, 6) is 0.429. The molecule has 1 saturated heterocycles. The van der Waals surface area contributed by atoms with E-state index in [1.165, 1.54) is 4.31 Å². The number of benzene rings is 2. The van der Waals surface area contributed by atoms with E-state index >= 15 is 0 Å². The van der Waals surface area contributed by atoms with Crippen LogP contribution in [0.2, 0.25) is 0 Å². The van der Waals surface area contributed by atoms with Crippen molar-refractivity contribution in [3.05, 3.63) is 66.0 Å². The maximum atomic E-state index is 13.0. The lowest BCUT2D eigenvalue weighted by Gasteiger charge is -2.26. The van der Waals surface area contributed by atoms with Crippen molar-refractivity contribution in [1.82, 2.24) is 13.9 Å². The Morgan fingerprint density at radius 2 is 1.91 bits per heavy atom. The molecule has 0 spiro atoms. The number of sulfonamides is 1. The maximum Gasteiger partial charge on any atom is 0.306 e. The number of ether oxygens (including phenoxy) is 2. The van der Waals surface area contributed by atoms with E-state index in [0.717, 1.165) is 16.9 Å². The van der Waals surface area contributed by atoms with Gasteiger partial charge < -0.3 is 14.0 Å². The number of morpholine rings is 1. The minimum Gasteiger partial charge on any atom is -0.461 e. The zero-order valence-corrected chi connectivity index (χ0v) is 20.0. The van der Waals surface area contributed by atoms with E-state index in [4.69, 9.17) is 9.47 Å². The minimum atomic E-state index is -3.60. The van der Waals surface area contributed by atoms with Crippen LogP contribution in [0.1, 0.15) is 24.7 Å². The molecular weight excluding hydrogens is 454 g/mol. The second-order valence-electron chi connectivity index (χ2n) is 7.94. The van der Waals surface area contributed by atoms with E-state index in [1.54, 1.807) is 18.2 Å². The quantitative estimate of drug-likeness (QED) is 0.434. The Hall–Kier alpha value is -3.01. The van der Waals surface area contributed by atoms with E-state index in [1.807, 2.05) is 54.0 Å². The number of aryl methyl sites for hydroxylation is 2. The first-order valence-corrected chi connectivity index (χ1v) is 12.9. The van der Waals surface area contributed by atoms with E-state index in [-0.39, 0.29) is 23.9 Å².